The van der Waals surface area contributed by atoms with Crippen LogP contribution in [-0.2, 0) is 39.6 Å². The molecule has 0 saturated carbocycles. The first-order valence-corrected chi connectivity index (χ1v) is 13.4. The van der Waals surface area contributed by atoms with E-state index in [4.69, 9.17) is 18.8 Å². The molecular weight excluding hydrogens is 515 g/mol. The predicted octanol–water partition coefficient (Wildman–Crippen LogP) is 5.93. The number of rotatable bonds is 9. The first kappa shape index (κ1) is 28.1. The summed E-state index contributed by atoms with van der Waals surface area (Å²) in [6.07, 6.45) is 1.50. The largest absolute Gasteiger partial charge is 0.468 e. The molecule has 0 spiro atoms. The Bertz CT molecular complexity index is 1290. The van der Waals surface area contributed by atoms with Gasteiger partial charge in [0.2, 0.25) is 0 Å². The van der Waals surface area contributed by atoms with Crippen LogP contribution in [0.5, 0.6) is 0 Å². The average molecular weight is 546 g/mol. The Labute approximate surface area is 240 Å². The van der Waals surface area contributed by atoms with Gasteiger partial charge in [0.25, 0.3) is 0 Å². The van der Waals surface area contributed by atoms with Crippen LogP contribution in [0.2, 0.25) is 5.82 Å². The SMILES string of the molecule is C=CC(B1OC(c2ccccc2)(c2ccccc2)C(c2ccccc2)(c2ccccc2)O1)C(C(=O)OC)C(=O)OC. The number of hydrogen-bond acceptors (Lipinski definition) is 6. The summed E-state index contributed by atoms with van der Waals surface area (Å²) < 4.78 is 24.4. The van der Waals surface area contributed by atoms with E-state index in [-0.39, 0.29) is 0 Å². The van der Waals surface area contributed by atoms with Crippen molar-refractivity contribution in [3.05, 3.63) is 156 Å². The second-order valence-electron chi connectivity index (χ2n) is 9.77. The highest BCUT2D eigenvalue weighted by Gasteiger charge is 2.67. The monoisotopic (exact) mass is 546 g/mol. The van der Waals surface area contributed by atoms with Gasteiger partial charge in [-0.2, -0.15) is 0 Å². The molecule has 4 aromatic carbocycles. The second kappa shape index (κ2) is 12.0. The van der Waals surface area contributed by atoms with Gasteiger partial charge in [0.05, 0.1) is 14.2 Å². The summed E-state index contributed by atoms with van der Waals surface area (Å²) in [4.78, 5) is 26.0. The summed E-state index contributed by atoms with van der Waals surface area (Å²) in [5.74, 6) is -3.85. The van der Waals surface area contributed by atoms with Gasteiger partial charge in [-0.25, -0.2) is 0 Å². The third-order valence-electron chi connectivity index (χ3n) is 7.68. The number of allylic oxidation sites excluding steroid dienone is 1. The van der Waals surface area contributed by atoms with Crippen LogP contribution in [-0.4, -0.2) is 33.3 Å². The van der Waals surface area contributed by atoms with Gasteiger partial charge < -0.3 is 18.8 Å². The summed E-state index contributed by atoms with van der Waals surface area (Å²) in [6.45, 7) is 3.97. The molecule has 1 fully saturated rings. The molecule has 41 heavy (non-hydrogen) atoms. The summed E-state index contributed by atoms with van der Waals surface area (Å²) in [5.41, 5.74) is 0.796. The molecule has 1 aliphatic rings. The highest BCUT2D eigenvalue weighted by Crippen LogP contribution is 2.60. The van der Waals surface area contributed by atoms with Gasteiger partial charge in [0.15, 0.2) is 5.92 Å². The molecule has 7 heteroatoms. The van der Waals surface area contributed by atoms with Crippen molar-refractivity contribution in [1.82, 2.24) is 0 Å². The van der Waals surface area contributed by atoms with Gasteiger partial charge in [-0.1, -0.05) is 127 Å². The van der Waals surface area contributed by atoms with E-state index in [2.05, 4.69) is 6.58 Å². The first-order chi connectivity index (χ1) is 20.0. The summed E-state index contributed by atoms with van der Waals surface area (Å²) >= 11 is 0. The standard InChI is InChI=1S/C34H31BO6/c1-4-29(30(31(36)38-2)32(37)39-3)35-40-33(25-17-9-5-10-18-25,26-19-11-6-12-20-26)34(41-35,27-21-13-7-14-22-27)28-23-15-8-16-24-28/h4-24,29-30H,1H2,2-3H3. The zero-order valence-electron chi connectivity index (χ0n) is 23.0. The zero-order chi connectivity index (χ0) is 28.9. The lowest BCUT2D eigenvalue weighted by Crippen LogP contribution is -2.48. The molecule has 0 radical (unpaired) electrons. The summed E-state index contributed by atoms with van der Waals surface area (Å²) in [6, 6.07) is 39.4. The van der Waals surface area contributed by atoms with E-state index in [1.54, 1.807) is 0 Å². The van der Waals surface area contributed by atoms with E-state index in [9.17, 15) is 9.59 Å². The van der Waals surface area contributed by atoms with Crippen molar-refractivity contribution >= 4 is 19.1 Å². The zero-order valence-corrected chi connectivity index (χ0v) is 23.0. The van der Waals surface area contributed by atoms with E-state index < -0.39 is 42.0 Å². The average Bonchev–Trinajstić information content (AvgIpc) is 3.42. The highest BCUT2D eigenvalue weighted by molar-refractivity contribution is 6.49. The van der Waals surface area contributed by atoms with E-state index >= 15 is 0 Å². The topological polar surface area (TPSA) is 71.1 Å². The van der Waals surface area contributed by atoms with Gasteiger partial charge in [-0.15, -0.1) is 6.58 Å². The van der Waals surface area contributed by atoms with Crippen LogP contribution in [0.15, 0.2) is 134 Å². The lowest BCUT2D eigenvalue weighted by atomic mass is 9.64. The minimum atomic E-state index is -1.36. The summed E-state index contributed by atoms with van der Waals surface area (Å²) in [5, 5.41) is 0. The molecule has 1 saturated heterocycles. The van der Waals surface area contributed by atoms with Crippen molar-refractivity contribution in [2.24, 2.45) is 5.92 Å². The van der Waals surface area contributed by atoms with Crippen molar-refractivity contribution in [2.45, 2.75) is 17.0 Å². The number of carbonyl (C=O) groups excluding carboxylic acids is 2. The summed E-state index contributed by atoms with van der Waals surface area (Å²) in [7, 11) is 1.34. The number of benzene rings is 4. The third kappa shape index (κ3) is 4.67. The number of hydrogen-bond donors (Lipinski definition) is 0. The van der Waals surface area contributed by atoms with Gasteiger partial charge in [0.1, 0.15) is 11.2 Å². The fourth-order valence-corrected chi connectivity index (χ4v) is 5.87. The number of esters is 2. The van der Waals surface area contributed by atoms with Crippen LogP contribution in [0.1, 0.15) is 22.3 Å². The van der Waals surface area contributed by atoms with Crippen LogP contribution in [0.3, 0.4) is 0 Å². The molecule has 4 aromatic rings. The molecule has 206 valence electrons. The van der Waals surface area contributed by atoms with Crippen molar-refractivity contribution in [3.63, 3.8) is 0 Å². The van der Waals surface area contributed by atoms with Crippen LogP contribution in [0.4, 0.5) is 0 Å². The number of carbonyl (C=O) groups is 2. The first-order valence-electron chi connectivity index (χ1n) is 13.4. The lowest BCUT2D eigenvalue weighted by molar-refractivity contribution is -0.158. The molecule has 1 unspecified atom stereocenters. The van der Waals surface area contributed by atoms with Gasteiger partial charge in [-0.05, 0) is 22.3 Å². The Morgan fingerprint density at radius 2 is 0.927 bits per heavy atom. The Kier molecular flexibility index (Phi) is 8.20. The minimum Gasteiger partial charge on any atom is -0.468 e. The molecule has 0 bridgehead atoms. The second-order valence-corrected chi connectivity index (χ2v) is 9.77. The fourth-order valence-electron chi connectivity index (χ4n) is 5.87. The molecular formula is C34H31BO6. The normalized spacial score (nSPS) is 16.1. The molecule has 0 aromatic heterocycles. The molecule has 1 aliphatic heterocycles. The van der Waals surface area contributed by atoms with Gasteiger partial charge in [-0.3, -0.25) is 9.59 Å². The Hall–Kier alpha value is -4.46. The van der Waals surface area contributed by atoms with E-state index in [1.807, 2.05) is 121 Å². The minimum absolute atomic E-state index is 0.768. The molecule has 1 heterocycles. The Balaban J connectivity index is 1.87. The molecule has 0 N–H and O–H groups in total. The fraction of sp³-hybridized carbons (Fsp3) is 0.176. The van der Waals surface area contributed by atoms with Crippen LogP contribution in [0.25, 0.3) is 0 Å². The Morgan fingerprint density at radius 1 is 0.634 bits per heavy atom. The molecule has 0 aliphatic carbocycles. The highest BCUT2D eigenvalue weighted by atomic mass is 16.7. The van der Waals surface area contributed by atoms with Crippen molar-refractivity contribution < 1.29 is 28.4 Å². The van der Waals surface area contributed by atoms with Crippen molar-refractivity contribution in [3.8, 4) is 0 Å². The maximum atomic E-state index is 13.0. The van der Waals surface area contributed by atoms with E-state index in [0.717, 1.165) is 22.3 Å². The molecule has 6 nitrogen and oxygen atoms in total. The third-order valence-corrected chi connectivity index (χ3v) is 7.68. The van der Waals surface area contributed by atoms with Gasteiger partial charge in [0, 0.05) is 5.82 Å². The van der Waals surface area contributed by atoms with E-state index in [0.29, 0.717) is 0 Å². The predicted molar refractivity (Wildman–Crippen MR) is 157 cm³/mol. The van der Waals surface area contributed by atoms with Crippen LogP contribution >= 0.6 is 0 Å². The van der Waals surface area contributed by atoms with Crippen LogP contribution < -0.4 is 0 Å². The molecule has 5 rings (SSSR count). The number of ether oxygens (including phenoxy) is 2. The number of methoxy groups -OCH3 is 2. The van der Waals surface area contributed by atoms with Gasteiger partial charge >= 0.3 is 19.1 Å². The van der Waals surface area contributed by atoms with Crippen molar-refractivity contribution in [1.29, 1.82) is 0 Å². The lowest BCUT2D eigenvalue weighted by Gasteiger charge is -2.46. The van der Waals surface area contributed by atoms with Crippen molar-refractivity contribution in [2.75, 3.05) is 14.2 Å². The Morgan fingerprint density at radius 3 is 1.17 bits per heavy atom. The van der Waals surface area contributed by atoms with E-state index in [1.165, 1.54) is 20.3 Å². The molecule has 0 amide bonds. The maximum absolute atomic E-state index is 13.0. The quantitative estimate of drug-likeness (QED) is 0.112. The molecule has 1 atom stereocenters. The maximum Gasteiger partial charge on any atom is 0.467 e. The smallest absolute Gasteiger partial charge is 0.467 e. The van der Waals surface area contributed by atoms with Crippen LogP contribution in [0, 0.1) is 5.92 Å².